The summed E-state index contributed by atoms with van der Waals surface area (Å²) in [6.07, 6.45) is -4.28. The summed E-state index contributed by atoms with van der Waals surface area (Å²) in [5, 5.41) is 0.235. The van der Waals surface area contributed by atoms with Gasteiger partial charge in [-0.15, -0.1) is 0 Å². The molecule has 0 saturated heterocycles. The van der Waals surface area contributed by atoms with E-state index in [1.54, 1.807) is 6.07 Å². The van der Waals surface area contributed by atoms with Crippen LogP contribution in [0.25, 0.3) is 0 Å². The fourth-order valence-corrected chi connectivity index (χ4v) is 2.15. The topological polar surface area (TPSA) is 25.8 Å². The van der Waals surface area contributed by atoms with Gasteiger partial charge in [-0.05, 0) is 27.6 Å². The van der Waals surface area contributed by atoms with Crippen molar-refractivity contribution in [3.63, 3.8) is 0 Å². The van der Waals surface area contributed by atoms with Crippen molar-refractivity contribution < 1.29 is 13.2 Å². The van der Waals surface area contributed by atoms with Gasteiger partial charge in [0.2, 0.25) is 0 Å². The van der Waals surface area contributed by atoms with Gasteiger partial charge in [0.15, 0.2) is 0 Å². The highest BCUT2D eigenvalue weighted by Gasteiger charge is 2.30. The number of hydrogen-bond acceptors (Lipinski definition) is 2. The van der Waals surface area contributed by atoms with Gasteiger partial charge in [0, 0.05) is 6.42 Å². The SMILES string of the molecule is FC(F)(F)c1cccc(Cc2nc(Cl)c(Br)c(Cl)n2)c1. The summed E-state index contributed by atoms with van der Waals surface area (Å²) >= 11 is 14.8. The first-order valence-corrected chi connectivity index (χ1v) is 6.86. The van der Waals surface area contributed by atoms with E-state index in [9.17, 15) is 13.2 Å². The Morgan fingerprint density at radius 3 is 2.25 bits per heavy atom. The highest BCUT2D eigenvalue weighted by molar-refractivity contribution is 9.10. The Balaban J connectivity index is 2.31. The molecule has 0 saturated carbocycles. The lowest BCUT2D eigenvalue weighted by molar-refractivity contribution is -0.137. The molecule has 1 aromatic heterocycles. The van der Waals surface area contributed by atoms with Gasteiger partial charge in [-0.3, -0.25) is 0 Å². The Hall–Kier alpha value is -0.850. The number of halogens is 6. The van der Waals surface area contributed by atoms with E-state index in [0.717, 1.165) is 12.1 Å². The third-order valence-electron chi connectivity index (χ3n) is 2.43. The Bertz CT molecular complexity index is 624. The van der Waals surface area contributed by atoms with Crippen LogP contribution in [0.5, 0.6) is 0 Å². The van der Waals surface area contributed by atoms with Gasteiger partial charge < -0.3 is 0 Å². The van der Waals surface area contributed by atoms with E-state index in [-0.39, 0.29) is 22.6 Å². The van der Waals surface area contributed by atoms with Crippen molar-refractivity contribution in [1.82, 2.24) is 9.97 Å². The molecule has 0 N–H and O–H groups in total. The van der Waals surface area contributed by atoms with E-state index >= 15 is 0 Å². The molecule has 0 aliphatic heterocycles. The summed E-state index contributed by atoms with van der Waals surface area (Å²) in [5.41, 5.74) is -0.293. The molecule has 2 rings (SSSR count). The van der Waals surface area contributed by atoms with Crippen molar-refractivity contribution >= 4 is 39.1 Å². The molecule has 0 aliphatic carbocycles. The Morgan fingerprint density at radius 2 is 1.70 bits per heavy atom. The minimum absolute atomic E-state index is 0.108. The summed E-state index contributed by atoms with van der Waals surface area (Å²) < 4.78 is 38.2. The predicted octanol–water partition coefficient (Wildman–Crippen LogP) is 5.16. The van der Waals surface area contributed by atoms with E-state index in [1.807, 2.05) is 0 Å². The van der Waals surface area contributed by atoms with Gasteiger partial charge in [-0.2, -0.15) is 13.2 Å². The standard InChI is InChI=1S/C12H6BrCl2F3N2/c13-9-10(14)19-8(20-11(9)15)5-6-2-1-3-7(4-6)12(16,17)18/h1-4H,5H2. The molecule has 0 fully saturated rings. The molecule has 0 spiro atoms. The van der Waals surface area contributed by atoms with Crippen molar-refractivity contribution in [3.05, 3.63) is 56.0 Å². The molecule has 1 aromatic carbocycles. The van der Waals surface area contributed by atoms with E-state index in [4.69, 9.17) is 23.2 Å². The fraction of sp³-hybridized carbons (Fsp3) is 0.167. The first-order chi connectivity index (χ1) is 9.27. The van der Waals surface area contributed by atoms with Crippen molar-refractivity contribution in [2.24, 2.45) is 0 Å². The zero-order valence-corrected chi connectivity index (χ0v) is 12.8. The third kappa shape index (κ3) is 3.62. The second kappa shape index (κ2) is 5.87. The molecular formula is C12H6BrCl2F3N2. The van der Waals surface area contributed by atoms with Crippen LogP contribution >= 0.6 is 39.1 Å². The largest absolute Gasteiger partial charge is 0.416 e. The highest BCUT2D eigenvalue weighted by atomic mass is 79.9. The van der Waals surface area contributed by atoms with E-state index in [2.05, 4.69) is 25.9 Å². The summed E-state index contributed by atoms with van der Waals surface area (Å²) in [7, 11) is 0. The fourth-order valence-electron chi connectivity index (χ4n) is 1.55. The molecule has 8 heteroatoms. The Labute approximate surface area is 131 Å². The molecule has 0 amide bonds. The van der Waals surface area contributed by atoms with Crippen LogP contribution in [0.15, 0.2) is 28.7 Å². The molecule has 1 heterocycles. The van der Waals surface area contributed by atoms with Crippen LogP contribution in [-0.2, 0) is 12.6 Å². The van der Waals surface area contributed by atoms with Gasteiger partial charge in [0.05, 0.1) is 10.0 Å². The zero-order chi connectivity index (χ0) is 14.9. The van der Waals surface area contributed by atoms with E-state index < -0.39 is 11.7 Å². The van der Waals surface area contributed by atoms with Gasteiger partial charge in [0.25, 0.3) is 0 Å². The summed E-state index contributed by atoms with van der Waals surface area (Å²) in [5.74, 6) is 0.252. The molecule has 20 heavy (non-hydrogen) atoms. The summed E-state index contributed by atoms with van der Waals surface area (Å²) in [6.45, 7) is 0. The summed E-state index contributed by atoms with van der Waals surface area (Å²) in [6, 6.07) is 4.95. The van der Waals surface area contributed by atoms with Crippen molar-refractivity contribution in [2.45, 2.75) is 12.6 Å². The molecular weight excluding hydrogens is 380 g/mol. The minimum Gasteiger partial charge on any atom is -0.220 e. The molecule has 0 radical (unpaired) electrons. The first-order valence-electron chi connectivity index (χ1n) is 5.31. The number of benzene rings is 1. The van der Waals surface area contributed by atoms with Crippen LogP contribution in [0.4, 0.5) is 13.2 Å². The lowest BCUT2D eigenvalue weighted by Crippen LogP contribution is -2.06. The maximum absolute atomic E-state index is 12.6. The monoisotopic (exact) mass is 384 g/mol. The molecule has 0 bridgehead atoms. The van der Waals surface area contributed by atoms with Gasteiger partial charge in [-0.1, -0.05) is 41.4 Å². The number of rotatable bonds is 2. The Morgan fingerprint density at radius 1 is 1.10 bits per heavy atom. The third-order valence-corrected chi connectivity index (χ3v) is 4.19. The normalized spacial score (nSPS) is 11.7. The number of hydrogen-bond donors (Lipinski definition) is 0. The first kappa shape index (κ1) is 15.5. The Kier molecular flexibility index (Phi) is 4.56. The van der Waals surface area contributed by atoms with Crippen molar-refractivity contribution in [3.8, 4) is 0 Å². The minimum atomic E-state index is -4.38. The van der Waals surface area contributed by atoms with Crippen molar-refractivity contribution in [2.75, 3.05) is 0 Å². The number of nitrogens with zero attached hydrogens (tertiary/aromatic N) is 2. The smallest absolute Gasteiger partial charge is 0.220 e. The van der Waals surface area contributed by atoms with E-state index in [0.29, 0.717) is 10.0 Å². The molecule has 0 aliphatic rings. The van der Waals surface area contributed by atoms with Crippen LogP contribution < -0.4 is 0 Å². The number of aromatic nitrogens is 2. The molecule has 2 nitrogen and oxygen atoms in total. The van der Waals surface area contributed by atoms with Gasteiger partial charge in [0.1, 0.15) is 16.1 Å². The zero-order valence-electron chi connectivity index (χ0n) is 9.68. The van der Waals surface area contributed by atoms with Gasteiger partial charge >= 0.3 is 6.18 Å². The molecule has 106 valence electrons. The van der Waals surface area contributed by atoms with Crippen LogP contribution in [0.3, 0.4) is 0 Å². The summed E-state index contributed by atoms with van der Waals surface area (Å²) in [4.78, 5) is 7.92. The maximum atomic E-state index is 12.6. The molecule has 0 atom stereocenters. The lowest BCUT2D eigenvalue weighted by Gasteiger charge is -2.09. The molecule has 2 aromatic rings. The average Bonchev–Trinajstić information content (AvgIpc) is 2.35. The average molecular weight is 386 g/mol. The second-order valence-electron chi connectivity index (χ2n) is 3.91. The maximum Gasteiger partial charge on any atom is 0.416 e. The van der Waals surface area contributed by atoms with E-state index in [1.165, 1.54) is 6.07 Å². The van der Waals surface area contributed by atoms with Crippen LogP contribution in [0, 0.1) is 0 Å². The second-order valence-corrected chi connectivity index (χ2v) is 5.42. The predicted molar refractivity (Wildman–Crippen MR) is 74.0 cm³/mol. The van der Waals surface area contributed by atoms with Crippen LogP contribution in [0.1, 0.15) is 17.0 Å². The van der Waals surface area contributed by atoms with Gasteiger partial charge in [-0.25, -0.2) is 9.97 Å². The van der Waals surface area contributed by atoms with Crippen LogP contribution in [0.2, 0.25) is 10.3 Å². The molecule has 0 unspecified atom stereocenters. The lowest BCUT2D eigenvalue weighted by atomic mass is 10.1. The van der Waals surface area contributed by atoms with Crippen molar-refractivity contribution in [1.29, 1.82) is 0 Å². The van der Waals surface area contributed by atoms with Crippen LogP contribution in [-0.4, -0.2) is 9.97 Å². The quantitative estimate of drug-likeness (QED) is 0.667. The highest BCUT2D eigenvalue weighted by Crippen LogP contribution is 2.30. The number of alkyl halides is 3.